The number of benzene rings is 2. The van der Waals surface area contributed by atoms with Crippen LogP contribution in [0.3, 0.4) is 0 Å². The predicted molar refractivity (Wildman–Crippen MR) is 100 cm³/mol. The van der Waals surface area contributed by atoms with E-state index in [1.54, 1.807) is 0 Å². The minimum Gasteiger partial charge on any atom is -0.468 e. The third-order valence-electron chi connectivity index (χ3n) is 3.44. The van der Waals surface area contributed by atoms with Crippen molar-refractivity contribution in [1.29, 1.82) is 0 Å². The number of halogens is 1. The van der Waals surface area contributed by atoms with Crippen molar-refractivity contribution in [1.82, 2.24) is 15.0 Å². The Balaban J connectivity index is 2.01. The molecule has 0 spiro atoms. The van der Waals surface area contributed by atoms with Gasteiger partial charge in [0, 0.05) is 11.4 Å². The van der Waals surface area contributed by atoms with Crippen LogP contribution in [0, 0.1) is 0 Å². The number of carbonyl (C=O) groups excluding carboxylic acids is 1. The average Bonchev–Trinajstić information content (AvgIpc) is 2.67. The van der Waals surface area contributed by atoms with Crippen LogP contribution in [-0.2, 0) is 9.53 Å². The van der Waals surface area contributed by atoms with Crippen LogP contribution in [0.15, 0.2) is 60.7 Å². The van der Waals surface area contributed by atoms with Gasteiger partial charge in [-0.05, 0) is 35.9 Å². The fourth-order valence-corrected chi connectivity index (χ4v) is 2.43. The van der Waals surface area contributed by atoms with Crippen LogP contribution in [0.4, 0.5) is 23.3 Å². The molecule has 0 unspecified atom stereocenters. The number of carbonyl (C=O) groups is 1. The van der Waals surface area contributed by atoms with E-state index < -0.39 is 5.97 Å². The fourth-order valence-electron chi connectivity index (χ4n) is 2.28. The standard InChI is InChI=1S/C18H16ClN5O2/c1-26-15(25)12-20-17-21-16(19)22-18(23-17)24(13-8-4-2-5-9-13)14-10-6-3-7-11-14/h2-11H,12H2,1H3,(H,20,21,22,23). The largest absolute Gasteiger partial charge is 0.468 e. The van der Waals surface area contributed by atoms with E-state index >= 15 is 0 Å². The molecule has 0 aliphatic carbocycles. The van der Waals surface area contributed by atoms with Gasteiger partial charge in [-0.3, -0.25) is 9.69 Å². The summed E-state index contributed by atoms with van der Waals surface area (Å²) >= 11 is 6.07. The molecular formula is C18H16ClN5O2. The number of aromatic nitrogens is 3. The first kappa shape index (κ1) is 17.6. The summed E-state index contributed by atoms with van der Waals surface area (Å²) in [7, 11) is 1.31. The molecule has 7 nitrogen and oxygen atoms in total. The maximum Gasteiger partial charge on any atom is 0.325 e. The van der Waals surface area contributed by atoms with Crippen LogP contribution >= 0.6 is 11.6 Å². The summed E-state index contributed by atoms with van der Waals surface area (Å²) in [5, 5.41) is 2.80. The van der Waals surface area contributed by atoms with Crippen molar-refractivity contribution in [2.24, 2.45) is 0 Å². The fraction of sp³-hybridized carbons (Fsp3) is 0.111. The summed E-state index contributed by atoms with van der Waals surface area (Å²) in [6.45, 7) is -0.0764. The molecule has 0 saturated heterocycles. The van der Waals surface area contributed by atoms with Crippen LogP contribution in [0.5, 0.6) is 0 Å². The van der Waals surface area contributed by atoms with Gasteiger partial charge in [0.1, 0.15) is 6.54 Å². The number of anilines is 4. The number of rotatable bonds is 6. The number of hydrogen-bond acceptors (Lipinski definition) is 7. The SMILES string of the molecule is COC(=O)CNc1nc(Cl)nc(N(c2ccccc2)c2ccccc2)n1. The average molecular weight is 370 g/mol. The lowest BCUT2D eigenvalue weighted by Gasteiger charge is -2.23. The lowest BCUT2D eigenvalue weighted by molar-refractivity contribution is -0.138. The highest BCUT2D eigenvalue weighted by Gasteiger charge is 2.17. The second-order valence-corrected chi connectivity index (χ2v) is 5.50. The van der Waals surface area contributed by atoms with Gasteiger partial charge in [-0.1, -0.05) is 36.4 Å². The van der Waals surface area contributed by atoms with E-state index in [0.717, 1.165) is 11.4 Å². The van der Waals surface area contributed by atoms with Crippen LogP contribution < -0.4 is 10.2 Å². The number of ether oxygens (including phenoxy) is 1. The van der Waals surface area contributed by atoms with Gasteiger partial charge < -0.3 is 10.1 Å². The molecule has 0 bridgehead atoms. The minimum absolute atomic E-state index is 0.0132. The van der Waals surface area contributed by atoms with Crippen LogP contribution in [0.1, 0.15) is 0 Å². The highest BCUT2D eigenvalue weighted by atomic mass is 35.5. The van der Waals surface area contributed by atoms with E-state index in [9.17, 15) is 4.79 Å². The molecule has 132 valence electrons. The van der Waals surface area contributed by atoms with Crippen LogP contribution in [0.2, 0.25) is 5.28 Å². The number of nitrogens with one attached hydrogen (secondary N) is 1. The van der Waals surface area contributed by atoms with Crippen molar-refractivity contribution >= 4 is 40.8 Å². The Bertz CT molecular complexity index is 838. The Labute approximate surface area is 155 Å². The zero-order chi connectivity index (χ0) is 18.4. The molecule has 0 aliphatic heterocycles. The number of esters is 1. The summed E-state index contributed by atoms with van der Waals surface area (Å²) in [5.74, 6) is 0.0723. The van der Waals surface area contributed by atoms with Gasteiger partial charge in [-0.15, -0.1) is 0 Å². The summed E-state index contributed by atoms with van der Waals surface area (Å²) in [6, 6.07) is 19.3. The Morgan fingerprint density at radius 2 is 1.58 bits per heavy atom. The Morgan fingerprint density at radius 1 is 1.00 bits per heavy atom. The smallest absolute Gasteiger partial charge is 0.325 e. The van der Waals surface area contributed by atoms with Crippen molar-refractivity contribution in [3.8, 4) is 0 Å². The van der Waals surface area contributed by atoms with E-state index in [-0.39, 0.29) is 17.8 Å². The summed E-state index contributed by atoms with van der Waals surface area (Å²) in [6.07, 6.45) is 0. The van der Waals surface area contributed by atoms with Crippen molar-refractivity contribution < 1.29 is 9.53 Å². The molecule has 8 heteroatoms. The quantitative estimate of drug-likeness (QED) is 0.665. The summed E-state index contributed by atoms with van der Waals surface area (Å²) < 4.78 is 4.60. The Hall–Kier alpha value is -3.19. The molecule has 0 amide bonds. The number of nitrogens with zero attached hydrogens (tertiary/aromatic N) is 4. The predicted octanol–water partition coefficient (Wildman–Crippen LogP) is 3.58. The molecule has 0 aliphatic rings. The molecular weight excluding hydrogens is 354 g/mol. The third kappa shape index (κ3) is 4.25. The number of methoxy groups -OCH3 is 1. The summed E-state index contributed by atoms with van der Waals surface area (Å²) in [4.78, 5) is 25.8. The first-order chi connectivity index (χ1) is 12.7. The molecule has 3 rings (SSSR count). The first-order valence-corrected chi connectivity index (χ1v) is 8.17. The topological polar surface area (TPSA) is 80.2 Å². The maximum absolute atomic E-state index is 11.3. The van der Waals surface area contributed by atoms with Crippen LogP contribution in [-0.4, -0.2) is 34.6 Å². The number of hydrogen-bond donors (Lipinski definition) is 1. The molecule has 26 heavy (non-hydrogen) atoms. The molecule has 1 heterocycles. The monoisotopic (exact) mass is 369 g/mol. The van der Waals surface area contributed by atoms with Crippen molar-refractivity contribution in [3.05, 3.63) is 65.9 Å². The first-order valence-electron chi connectivity index (χ1n) is 7.80. The highest BCUT2D eigenvalue weighted by Crippen LogP contribution is 2.32. The lowest BCUT2D eigenvalue weighted by atomic mass is 10.2. The van der Waals surface area contributed by atoms with Gasteiger partial charge in [0.05, 0.1) is 7.11 Å². The zero-order valence-corrected chi connectivity index (χ0v) is 14.7. The molecule has 0 atom stereocenters. The zero-order valence-electron chi connectivity index (χ0n) is 14.0. The second-order valence-electron chi connectivity index (χ2n) is 5.16. The van der Waals surface area contributed by atoms with E-state index in [2.05, 4.69) is 25.0 Å². The molecule has 0 fully saturated rings. The normalized spacial score (nSPS) is 10.2. The second kappa shape index (κ2) is 8.26. The van der Waals surface area contributed by atoms with E-state index in [1.807, 2.05) is 65.6 Å². The highest BCUT2D eigenvalue weighted by molar-refractivity contribution is 6.28. The van der Waals surface area contributed by atoms with E-state index in [1.165, 1.54) is 7.11 Å². The molecule has 1 N–H and O–H groups in total. The molecule has 3 aromatic rings. The number of para-hydroxylation sites is 2. The molecule has 1 aromatic heterocycles. The molecule has 2 aromatic carbocycles. The Kier molecular flexibility index (Phi) is 5.60. The lowest BCUT2D eigenvalue weighted by Crippen LogP contribution is -2.19. The van der Waals surface area contributed by atoms with Crippen molar-refractivity contribution in [3.63, 3.8) is 0 Å². The Morgan fingerprint density at radius 3 is 2.12 bits per heavy atom. The van der Waals surface area contributed by atoms with E-state index in [0.29, 0.717) is 5.95 Å². The van der Waals surface area contributed by atoms with Crippen molar-refractivity contribution in [2.75, 3.05) is 23.9 Å². The van der Waals surface area contributed by atoms with E-state index in [4.69, 9.17) is 11.6 Å². The molecule has 0 radical (unpaired) electrons. The molecule has 0 saturated carbocycles. The van der Waals surface area contributed by atoms with Gasteiger partial charge >= 0.3 is 5.97 Å². The van der Waals surface area contributed by atoms with Crippen molar-refractivity contribution in [2.45, 2.75) is 0 Å². The van der Waals surface area contributed by atoms with Gasteiger partial charge in [0.15, 0.2) is 0 Å². The van der Waals surface area contributed by atoms with Crippen LogP contribution in [0.25, 0.3) is 0 Å². The van der Waals surface area contributed by atoms with Gasteiger partial charge in [-0.25, -0.2) is 0 Å². The van der Waals surface area contributed by atoms with Gasteiger partial charge in [0.2, 0.25) is 17.2 Å². The minimum atomic E-state index is -0.439. The maximum atomic E-state index is 11.3. The van der Waals surface area contributed by atoms with Gasteiger partial charge in [0.25, 0.3) is 0 Å². The third-order valence-corrected chi connectivity index (χ3v) is 3.61. The summed E-state index contributed by atoms with van der Waals surface area (Å²) in [5.41, 5.74) is 1.72. The van der Waals surface area contributed by atoms with Gasteiger partial charge in [-0.2, -0.15) is 15.0 Å².